The molecule has 0 fully saturated rings. The van der Waals surface area contributed by atoms with Crippen LogP contribution in [0.2, 0.25) is 0 Å². The lowest BCUT2D eigenvalue weighted by Crippen LogP contribution is -2.41. The highest BCUT2D eigenvalue weighted by Crippen LogP contribution is 2.29. The van der Waals surface area contributed by atoms with Crippen LogP contribution < -0.4 is 26.1 Å². The molecule has 0 aliphatic carbocycles. The molecule has 0 bridgehead atoms. The van der Waals surface area contributed by atoms with Crippen molar-refractivity contribution in [2.75, 3.05) is 20.8 Å². The van der Waals surface area contributed by atoms with Crippen LogP contribution in [0.1, 0.15) is 11.7 Å². The molecule has 100 valence electrons. The molecule has 0 saturated carbocycles. The second-order valence-corrected chi connectivity index (χ2v) is 3.89. The number of nitrogens with one attached hydrogen (secondary N) is 2. The third-order valence-electron chi connectivity index (χ3n) is 2.38. The minimum Gasteiger partial charge on any atom is -0.493 e. The van der Waals surface area contributed by atoms with Crippen molar-refractivity contribution in [2.24, 2.45) is 5.84 Å². The van der Waals surface area contributed by atoms with Crippen LogP contribution in [0.5, 0.6) is 11.5 Å². The van der Waals surface area contributed by atoms with Crippen LogP contribution in [0.3, 0.4) is 0 Å². The second kappa shape index (κ2) is 7.00. The Morgan fingerprint density at radius 1 is 1.39 bits per heavy atom. The van der Waals surface area contributed by atoms with Crippen LogP contribution >= 0.6 is 12.2 Å². The van der Waals surface area contributed by atoms with Gasteiger partial charge in [-0.05, 0) is 29.9 Å². The van der Waals surface area contributed by atoms with Crippen LogP contribution in [-0.4, -0.2) is 31.0 Å². The second-order valence-electron chi connectivity index (χ2n) is 3.48. The van der Waals surface area contributed by atoms with Crippen molar-refractivity contribution in [3.63, 3.8) is 0 Å². The van der Waals surface area contributed by atoms with Crippen LogP contribution in [0.15, 0.2) is 18.2 Å². The number of hydrazine groups is 1. The van der Waals surface area contributed by atoms with Crippen LogP contribution in [0, 0.1) is 0 Å². The van der Waals surface area contributed by atoms with Gasteiger partial charge in [0.2, 0.25) is 0 Å². The number of aliphatic hydroxyl groups is 1. The standard InChI is InChI=1S/C11H17N3O3S/c1-16-9-4-3-7(5-10(9)17-2)8(15)6-13-11(18)14-12/h3-5,8,15H,6,12H2,1-2H3,(H2,13,14,18). The Kier molecular flexibility index (Phi) is 5.63. The molecule has 1 aromatic rings. The maximum absolute atomic E-state index is 9.96. The lowest BCUT2D eigenvalue weighted by Gasteiger charge is -2.15. The van der Waals surface area contributed by atoms with Crippen LogP contribution in [0.25, 0.3) is 0 Å². The number of nitrogens with two attached hydrogens (primary N) is 1. The molecular formula is C11H17N3O3S. The topological polar surface area (TPSA) is 88.8 Å². The molecule has 0 aliphatic heterocycles. The summed E-state index contributed by atoms with van der Waals surface area (Å²) in [6, 6.07) is 5.20. The summed E-state index contributed by atoms with van der Waals surface area (Å²) in [7, 11) is 3.10. The van der Waals surface area contributed by atoms with Crippen molar-refractivity contribution < 1.29 is 14.6 Å². The Morgan fingerprint density at radius 3 is 2.61 bits per heavy atom. The van der Waals surface area contributed by atoms with E-state index in [1.165, 1.54) is 0 Å². The normalized spacial score (nSPS) is 11.6. The zero-order valence-electron chi connectivity index (χ0n) is 10.3. The van der Waals surface area contributed by atoms with E-state index in [4.69, 9.17) is 27.5 Å². The summed E-state index contributed by atoms with van der Waals surface area (Å²) >= 11 is 4.81. The Hall–Kier alpha value is -1.57. The summed E-state index contributed by atoms with van der Waals surface area (Å²) in [5.41, 5.74) is 2.97. The molecule has 0 saturated heterocycles. The first kappa shape index (κ1) is 14.5. The van der Waals surface area contributed by atoms with Gasteiger partial charge in [-0.3, -0.25) is 0 Å². The van der Waals surface area contributed by atoms with E-state index < -0.39 is 6.10 Å². The number of hydrogen-bond donors (Lipinski definition) is 4. The Bertz CT molecular complexity index is 415. The summed E-state index contributed by atoms with van der Waals surface area (Å²) < 4.78 is 10.3. The van der Waals surface area contributed by atoms with E-state index in [1.54, 1.807) is 32.4 Å². The van der Waals surface area contributed by atoms with Gasteiger partial charge in [-0.15, -0.1) is 0 Å². The van der Waals surface area contributed by atoms with Crippen LogP contribution in [0.4, 0.5) is 0 Å². The summed E-state index contributed by atoms with van der Waals surface area (Å²) in [5.74, 6) is 6.28. The zero-order chi connectivity index (χ0) is 13.5. The third-order valence-corrected chi connectivity index (χ3v) is 2.64. The average molecular weight is 271 g/mol. The average Bonchev–Trinajstić information content (AvgIpc) is 2.43. The smallest absolute Gasteiger partial charge is 0.180 e. The highest BCUT2D eigenvalue weighted by atomic mass is 32.1. The molecule has 0 amide bonds. The van der Waals surface area contributed by atoms with E-state index in [0.717, 1.165) is 0 Å². The fraction of sp³-hybridized carbons (Fsp3) is 0.364. The van der Waals surface area contributed by atoms with Gasteiger partial charge in [-0.1, -0.05) is 6.07 Å². The minimum atomic E-state index is -0.726. The monoisotopic (exact) mass is 271 g/mol. The first-order valence-electron chi connectivity index (χ1n) is 5.26. The number of methoxy groups -OCH3 is 2. The van der Waals surface area contributed by atoms with Gasteiger partial charge in [-0.2, -0.15) is 0 Å². The first-order valence-corrected chi connectivity index (χ1v) is 5.67. The van der Waals surface area contributed by atoms with Crippen molar-refractivity contribution in [3.8, 4) is 11.5 Å². The number of aliphatic hydroxyl groups excluding tert-OH is 1. The lowest BCUT2D eigenvalue weighted by molar-refractivity contribution is 0.180. The maximum atomic E-state index is 9.96. The van der Waals surface area contributed by atoms with Crippen molar-refractivity contribution in [1.82, 2.24) is 10.7 Å². The predicted molar refractivity (Wildman–Crippen MR) is 72.4 cm³/mol. The summed E-state index contributed by atoms with van der Waals surface area (Å²) in [6.07, 6.45) is -0.726. The van der Waals surface area contributed by atoms with Gasteiger partial charge in [0, 0.05) is 6.54 Å². The molecule has 0 aromatic heterocycles. The van der Waals surface area contributed by atoms with Crippen LogP contribution in [-0.2, 0) is 0 Å². The number of benzene rings is 1. The zero-order valence-corrected chi connectivity index (χ0v) is 11.1. The van der Waals surface area contributed by atoms with E-state index in [2.05, 4.69) is 10.7 Å². The largest absolute Gasteiger partial charge is 0.493 e. The molecular weight excluding hydrogens is 254 g/mol. The molecule has 1 unspecified atom stereocenters. The van der Waals surface area contributed by atoms with Gasteiger partial charge < -0.3 is 25.3 Å². The third kappa shape index (κ3) is 3.73. The molecule has 18 heavy (non-hydrogen) atoms. The number of rotatable bonds is 5. The van der Waals surface area contributed by atoms with E-state index in [9.17, 15) is 5.11 Å². The quantitative estimate of drug-likeness (QED) is 0.342. The fourth-order valence-corrected chi connectivity index (χ4v) is 1.50. The predicted octanol–water partition coefficient (Wildman–Crippen LogP) is 0.0750. The number of hydrogen-bond acceptors (Lipinski definition) is 5. The molecule has 7 heteroatoms. The number of thiocarbonyl (C=S) groups is 1. The number of ether oxygens (including phenoxy) is 2. The van der Waals surface area contributed by atoms with E-state index in [0.29, 0.717) is 17.1 Å². The highest BCUT2D eigenvalue weighted by Gasteiger charge is 2.11. The molecule has 0 heterocycles. The molecule has 1 atom stereocenters. The molecule has 5 N–H and O–H groups in total. The summed E-state index contributed by atoms with van der Waals surface area (Å²) in [5, 5.41) is 13.0. The van der Waals surface area contributed by atoms with Gasteiger partial charge >= 0.3 is 0 Å². The lowest BCUT2D eigenvalue weighted by atomic mass is 10.1. The fourth-order valence-electron chi connectivity index (χ4n) is 1.42. The van der Waals surface area contributed by atoms with Crippen molar-refractivity contribution >= 4 is 17.3 Å². The van der Waals surface area contributed by atoms with Gasteiger partial charge in [0.25, 0.3) is 0 Å². The van der Waals surface area contributed by atoms with Gasteiger partial charge in [0.05, 0.1) is 20.3 Å². The molecule has 1 rings (SSSR count). The minimum absolute atomic E-state index is 0.249. The molecule has 6 nitrogen and oxygen atoms in total. The molecule has 0 spiro atoms. The SMILES string of the molecule is COc1ccc(C(O)CNC(=S)NN)cc1OC. The maximum Gasteiger partial charge on any atom is 0.180 e. The first-order chi connectivity index (χ1) is 8.62. The van der Waals surface area contributed by atoms with E-state index in [1.807, 2.05) is 0 Å². The van der Waals surface area contributed by atoms with Gasteiger partial charge in [0.15, 0.2) is 16.6 Å². The van der Waals surface area contributed by atoms with Gasteiger partial charge in [-0.25, -0.2) is 5.84 Å². The van der Waals surface area contributed by atoms with Crippen molar-refractivity contribution in [3.05, 3.63) is 23.8 Å². The molecule has 1 aromatic carbocycles. The molecule has 0 radical (unpaired) electrons. The van der Waals surface area contributed by atoms with E-state index >= 15 is 0 Å². The summed E-state index contributed by atoms with van der Waals surface area (Å²) in [6.45, 7) is 0.249. The molecule has 0 aliphatic rings. The van der Waals surface area contributed by atoms with Gasteiger partial charge in [0.1, 0.15) is 0 Å². The Balaban J connectivity index is 2.73. The van der Waals surface area contributed by atoms with Crippen molar-refractivity contribution in [1.29, 1.82) is 0 Å². The Labute approximate surface area is 111 Å². The highest BCUT2D eigenvalue weighted by molar-refractivity contribution is 7.80. The van der Waals surface area contributed by atoms with E-state index in [-0.39, 0.29) is 11.7 Å². The Morgan fingerprint density at radius 2 is 2.06 bits per heavy atom. The van der Waals surface area contributed by atoms with Crippen molar-refractivity contribution in [2.45, 2.75) is 6.10 Å². The summed E-state index contributed by atoms with van der Waals surface area (Å²) in [4.78, 5) is 0.